The van der Waals surface area contributed by atoms with E-state index in [2.05, 4.69) is 20.9 Å². The molecule has 9 heterocycles. The van der Waals surface area contributed by atoms with E-state index in [4.69, 9.17) is 94.1 Å². The summed E-state index contributed by atoms with van der Waals surface area (Å²) in [6.07, 6.45) is 6.31. The topological polar surface area (TPSA) is 327 Å². The van der Waals surface area contributed by atoms with Crippen molar-refractivity contribution in [3.05, 3.63) is 130 Å². The van der Waals surface area contributed by atoms with Gasteiger partial charge in [-0.1, -0.05) is 35.5 Å². The molecule has 536 valence electrons. The molecule has 6 aromatic rings. The van der Waals surface area contributed by atoms with Crippen molar-refractivity contribution in [3.8, 4) is 74.0 Å². The second-order valence-corrected chi connectivity index (χ2v) is 27.0. The molecule has 8 N–H and O–H groups in total. The maximum Gasteiger partial charge on any atom is 0.492 e. The van der Waals surface area contributed by atoms with E-state index in [1.807, 2.05) is 91.0 Å². The minimum absolute atomic E-state index is 0. The third kappa shape index (κ3) is 13.4. The Balaban J connectivity index is 0.000000141. The molecule has 3 fully saturated rings. The molecule has 9 aliphatic heterocycles. The van der Waals surface area contributed by atoms with Crippen molar-refractivity contribution < 1.29 is 81.3 Å². The van der Waals surface area contributed by atoms with Crippen molar-refractivity contribution in [3.63, 3.8) is 0 Å². The fraction of sp³-hybridized carbons (Fsp3) is 0.425. The summed E-state index contributed by atoms with van der Waals surface area (Å²) in [4.78, 5) is 58.4. The Labute approximate surface area is 595 Å². The van der Waals surface area contributed by atoms with Crippen molar-refractivity contribution in [1.82, 2.24) is 14.7 Å². The Morgan fingerprint density at radius 1 is 0.455 bits per heavy atom. The smallest absolute Gasteiger partial charge is 0.492 e. The van der Waals surface area contributed by atoms with Gasteiger partial charge in [-0.2, -0.15) is 0 Å². The van der Waals surface area contributed by atoms with Gasteiger partial charge in [-0.3, -0.25) is 29.1 Å². The predicted octanol–water partition coefficient (Wildman–Crippen LogP) is 7.15. The van der Waals surface area contributed by atoms with Gasteiger partial charge in [0.25, 0.3) is 17.7 Å². The van der Waals surface area contributed by atoms with Crippen LogP contribution >= 0.6 is 15.9 Å². The highest BCUT2D eigenvalue weighted by Gasteiger charge is 2.62. The zero-order chi connectivity index (χ0) is 71.1. The summed E-state index contributed by atoms with van der Waals surface area (Å²) in [7, 11) is 12.9. The molecule has 6 atom stereocenters. The quantitative estimate of drug-likeness (QED) is 0.0897. The van der Waals surface area contributed by atoms with Crippen LogP contribution in [0.5, 0.6) is 51.7 Å². The van der Waals surface area contributed by atoms with Gasteiger partial charge in [0.15, 0.2) is 34.5 Å². The zero-order valence-electron chi connectivity index (χ0n) is 57.4. The second kappa shape index (κ2) is 29.0. The summed E-state index contributed by atoms with van der Waals surface area (Å²) in [6, 6.07) is 33.4. The minimum Gasteiger partial charge on any atom is -0.497 e. The highest BCUT2D eigenvalue weighted by Crippen LogP contribution is 2.56. The second-order valence-electron chi connectivity index (χ2n) is 26.1. The van der Waals surface area contributed by atoms with E-state index < -0.39 is 40.5 Å². The lowest BCUT2D eigenvalue weighted by Crippen LogP contribution is -2.55. The number of rotatable bonds is 9. The number of carbonyl (C=O) groups is 3. The predicted molar refractivity (Wildman–Crippen MR) is 383 cm³/mol. The Kier molecular flexibility index (Phi) is 20.9. The van der Waals surface area contributed by atoms with E-state index >= 15 is 0 Å². The molecule has 0 bridgehead atoms. The van der Waals surface area contributed by atoms with Gasteiger partial charge < -0.3 is 84.1 Å². The van der Waals surface area contributed by atoms with Crippen LogP contribution in [0.3, 0.4) is 0 Å². The average Bonchev–Trinajstić information content (AvgIpc) is 1.55. The lowest BCUT2D eigenvalue weighted by molar-refractivity contribution is -0.139. The highest BCUT2D eigenvalue weighted by molar-refractivity contribution is 9.10. The van der Waals surface area contributed by atoms with Crippen LogP contribution in [0.4, 0.5) is 0 Å². The summed E-state index contributed by atoms with van der Waals surface area (Å²) < 4.78 is 69.2. The van der Waals surface area contributed by atoms with Crippen molar-refractivity contribution in [2.45, 2.75) is 98.6 Å². The molecule has 3 saturated heterocycles. The highest BCUT2D eigenvalue weighted by atomic mass is 79.9. The SMILES string of the molecule is C.CN1C(=O)C2(CC3(CCCOC3)Oc3ccc(Br)cc32)N=C1N.COc1ccc(OC)c(-c2ccc3c(c2)[C@]2(C[C@@]4(CCCOC4)O3)N=C(N)N(C)C2=O)c1.COc1ccc(OC)c(-c2ccc3c(c2)[C@]2(C[C@]4(CCCOC4)O3)N=C(N)N(C)C2=O)c1.COc1ccc(OC)c(B(O)O)c1. The van der Waals surface area contributed by atoms with E-state index in [0.717, 1.165) is 77.4 Å². The molecule has 0 aromatic heterocycles. The normalized spacial score (nSPS) is 25.6. The number of aliphatic imine (C=N–C) groups is 3. The average molecular weight is 1450 g/mol. The number of amides is 3. The van der Waals surface area contributed by atoms with Gasteiger partial charge in [0.05, 0.1) is 62.5 Å². The Morgan fingerprint density at radius 2 is 0.792 bits per heavy atom. The lowest BCUT2D eigenvalue weighted by atomic mass is 9.74. The first-order chi connectivity index (χ1) is 48.0. The minimum atomic E-state index is -1.55. The Hall–Kier alpha value is -9.32. The van der Waals surface area contributed by atoms with E-state index in [-0.39, 0.29) is 43.0 Å². The molecule has 0 radical (unpaired) electrons. The van der Waals surface area contributed by atoms with Crippen molar-refractivity contribution >= 4 is 64.1 Å². The van der Waals surface area contributed by atoms with Crippen LogP contribution < -0.4 is 65.3 Å². The molecule has 3 amide bonds. The van der Waals surface area contributed by atoms with Crippen LogP contribution in [-0.4, -0.2) is 188 Å². The van der Waals surface area contributed by atoms with Crippen LogP contribution in [0.25, 0.3) is 22.3 Å². The molecule has 15 rings (SSSR count). The molecule has 9 aliphatic rings. The van der Waals surface area contributed by atoms with Crippen molar-refractivity contribution in [1.29, 1.82) is 0 Å². The number of ether oxygens (including phenoxy) is 12. The van der Waals surface area contributed by atoms with E-state index in [0.29, 0.717) is 121 Å². The third-order valence-electron chi connectivity index (χ3n) is 19.9. The third-order valence-corrected chi connectivity index (χ3v) is 20.4. The number of hydrogen-bond donors (Lipinski definition) is 5. The Bertz CT molecular complexity index is 4060. The standard InChI is InChI=1S/2C24H27N3O5.C16H18BrN3O3.C8H11BO4.CH4/c2*1-27-21(28)24(26-22(27)25)13-23(9-4-10-31-14-23)32-20-7-5-15(11-18(20)24)17-12-16(29-2)6-8-19(17)30-3;1-20-13(21)16(19-14(20)18)8-15(5-2-6-22-9-15)23-12-4-3-10(17)7-11(12)16;1-12-6-3-4-8(13-2)7(5-6)9(10)11;/h2*5-8,11-12H,4,9-10,13-14H2,1-3H3,(H2,25,26);3-4,7H,2,5-6,8-9H2,1H3,(H2,18,19);3-5,10-11H,1-2H3;1H4/t23-,24+;23-,24-;;;/m10.../s1. The van der Waals surface area contributed by atoms with Crippen LogP contribution in [0.15, 0.2) is 129 Å². The number of nitrogens with two attached hydrogens (primary N) is 3. The number of benzene rings is 6. The summed E-state index contributed by atoms with van der Waals surface area (Å²) in [5.41, 5.74) is 19.1. The molecule has 26 nitrogen and oxygen atoms in total. The number of fused-ring (bicyclic) bond motifs is 6. The number of nitrogens with zero attached hydrogens (tertiary/aromatic N) is 6. The number of halogens is 1. The number of hydrogen-bond acceptors (Lipinski definition) is 23. The van der Waals surface area contributed by atoms with Crippen LogP contribution in [0.2, 0.25) is 0 Å². The fourth-order valence-corrected chi connectivity index (χ4v) is 15.2. The van der Waals surface area contributed by atoms with Crippen molar-refractivity contribution in [2.75, 3.05) is 103 Å². The summed E-state index contributed by atoms with van der Waals surface area (Å²) in [6.45, 7) is 3.43. The molecule has 6 aromatic carbocycles. The molecular weight excluding hydrogens is 1370 g/mol. The Morgan fingerprint density at radius 3 is 1.10 bits per heavy atom. The summed E-state index contributed by atoms with van der Waals surface area (Å²) in [5.74, 6) is 6.00. The van der Waals surface area contributed by atoms with E-state index in [9.17, 15) is 14.4 Å². The largest absolute Gasteiger partial charge is 0.497 e. The monoisotopic (exact) mass is 1450 g/mol. The van der Waals surface area contributed by atoms with E-state index in [1.54, 1.807) is 61.7 Å². The molecule has 6 spiro atoms. The van der Waals surface area contributed by atoms with Gasteiger partial charge >= 0.3 is 7.12 Å². The molecule has 2 unspecified atom stereocenters. The van der Waals surface area contributed by atoms with Gasteiger partial charge in [-0.25, -0.2) is 15.0 Å². The number of likely N-dealkylation sites (N-methyl/N-ethyl adjacent to an activating group) is 3. The number of methoxy groups -OCH3 is 6. The van der Waals surface area contributed by atoms with Gasteiger partial charge in [0, 0.05) is 98.0 Å². The fourth-order valence-electron chi connectivity index (χ4n) is 14.9. The van der Waals surface area contributed by atoms with Gasteiger partial charge in [0.2, 0.25) is 0 Å². The number of carbonyl (C=O) groups excluding carboxylic acids is 3. The van der Waals surface area contributed by atoms with E-state index in [1.165, 1.54) is 35.0 Å². The molecule has 28 heteroatoms. The van der Waals surface area contributed by atoms with Crippen molar-refractivity contribution in [2.24, 2.45) is 32.2 Å². The maximum absolute atomic E-state index is 13.5. The summed E-state index contributed by atoms with van der Waals surface area (Å²) in [5, 5.41) is 18.0. The zero-order valence-corrected chi connectivity index (χ0v) is 59.0. The van der Waals surface area contributed by atoms with Crippen LogP contribution in [0.1, 0.15) is 81.9 Å². The van der Waals surface area contributed by atoms with Gasteiger partial charge in [0.1, 0.15) is 68.5 Å². The molecular formula is C73H87BBrN9O17. The molecule has 0 aliphatic carbocycles. The molecule has 101 heavy (non-hydrogen) atoms. The first-order valence-electron chi connectivity index (χ1n) is 32.8. The number of guanidine groups is 3. The first-order valence-corrected chi connectivity index (χ1v) is 33.6. The summed E-state index contributed by atoms with van der Waals surface area (Å²) >= 11 is 3.47. The van der Waals surface area contributed by atoms with Crippen LogP contribution in [-0.2, 0) is 45.2 Å². The maximum atomic E-state index is 13.5. The lowest BCUT2D eigenvalue weighted by Gasteiger charge is -2.46. The first kappa shape index (κ1) is 72.9. The molecule has 0 saturated carbocycles. The van der Waals surface area contributed by atoms with Gasteiger partial charge in [-0.15, -0.1) is 0 Å². The van der Waals surface area contributed by atoms with Gasteiger partial charge in [-0.05, 0) is 147 Å². The van der Waals surface area contributed by atoms with Crippen LogP contribution in [0, 0.1) is 0 Å².